The number of ether oxygens (including phenoxy) is 2. The number of anilines is 1. The van der Waals surface area contributed by atoms with Crippen LogP contribution in [-0.4, -0.2) is 47.0 Å². The number of carbonyl (C=O) groups is 1. The van der Waals surface area contributed by atoms with Gasteiger partial charge in [0.05, 0.1) is 41.3 Å². The van der Waals surface area contributed by atoms with Gasteiger partial charge in [0.2, 0.25) is 5.91 Å². The predicted molar refractivity (Wildman–Crippen MR) is 126 cm³/mol. The third-order valence-electron chi connectivity index (χ3n) is 4.95. The smallest absolute Gasteiger partial charge is 0.311 e. The Balaban J connectivity index is 1.86. The normalized spacial score (nSPS) is 11.9. The topological polar surface area (TPSA) is 126 Å². The Morgan fingerprint density at radius 1 is 1.30 bits per heavy atom. The Morgan fingerprint density at radius 2 is 2.03 bits per heavy atom. The van der Waals surface area contributed by atoms with Crippen LogP contribution in [0.1, 0.15) is 18.5 Å². The number of nitrogens with one attached hydrogen (secondary N) is 1. The molecule has 1 N–H and O–H groups in total. The number of hydrogen-bond donors (Lipinski definition) is 1. The van der Waals surface area contributed by atoms with Gasteiger partial charge in [-0.1, -0.05) is 23.9 Å². The molecule has 174 valence electrons. The molecule has 0 saturated heterocycles. The molecule has 0 bridgehead atoms. The van der Waals surface area contributed by atoms with E-state index in [1.54, 1.807) is 38.3 Å². The van der Waals surface area contributed by atoms with Crippen LogP contribution in [0.25, 0.3) is 10.9 Å². The van der Waals surface area contributed by atoms with Gasteiger partial charge in [-0.25, -0.2) is 4.98 Å². The first-order valence-electron chi connectivity index (χ1n) is 10.0. The van der Waals surface area contributed by atoms with Gasteiger partial charge in [0, 0.05) is 24.9 Å². The molecule has 0 aliphatic rings. The van der Waals surface area contributed by atoms with Crippen molar-refractivity contribution in [3.8, 4) is 5.75 Å². The molecule has 0 radical (unpaired) electrons. The monoisotopic (exact) mass is 472 g/mol. The van der Waals surface area contributed by atoms with E-state index < -0.39 is 4.92 Å². The van der Waals surface area contributed by atoms with Gasteiger partial charge < -0.3 is 14.8 Å². The standard InChI is InChI=1S/C22H24N4O6S/c1-13-9-18(26(29)30)19(32-4)10-17(13)23-20(27)12-33-22-24-16-8-6-5-7-15(16)21(28)25(22)14(2)11-31-3/h5-10,14H,11-12H2,1-4H3,(H,23,27). The molecule has 1 aromatic heterocycles. The lowest BCUT2D eigenvalue weighted by Gasteiger charge is -2.19. The summed E-state index contributed by atoms with van der Waals surface area (Å²) in [5.41, 5.74) is 1.08. The highest BCUT2D eigenvalue weighted by Gasteiger charge is 2.20. The van der Waals surface area contributed by atoms with E-state index in [-0.39, 0.29) is 34.7 Å². The second kappa shape index (κ2) is 10.5. The fraction of sp³-hybridized carbons (Fsp3) is 0.318. The Labute approximate surface area is 194 Å². The zero-order chi connectivity index (χ0) is 24.1. The Morgan fingerprint density at radius 3 is 2.70 bits per heavy atom. The van der Waals surface area contributed by atoms with Crippen LogP contribution in [-0.2, 0) is 9.53 Å². The fourth-order valence-corrected chi connectivity index (χ4v) is 4.26. The van der Waals surface area contributed by atoms with E-state index in [4.69, 9.17) is 9.47 Å². The number of hydrogen-bond acceptors (Lipinski definition) is 8. The van der Waals surface area contributed by atoms with Crippen LogP contribution in [0.5, 0.6) is 5.75 Å². The average Bonchev–Trinajstić information content (AvgIpc) is 2.78. The minimum absolute atomic E-state index is 0.0246. The van der Waals surface area contributed by atoms with Crippen molar-refractivity contribution in [1.29, 1.82) is 0 Å². The maximum absolute atomic E-state index is 13.1. The van der Waals surface area contributed by atoms with Crippen molar-refractivity contribution >= 4 is 39.9 Å². The van der Waals surface area contributed by atoms with Crippen LogP contribution in [0, 0.1) is 17.0 Å². The van der Waals surface area contributed by atoms with Crippen LogP contribution in [0.2, 0.25) is 0 Å². The highest BCUT2D eigenvalue weighted by atomic mass is 32.2. The zero-order valence-electron chi connectivity index (χ0n) is 18.7. The molecule has 2 aromatic carbocycles. The van der Waals surface area contributed by atoms with Gasteiger partial charge in [-0.2, -0.15) is 0 Å². The van der Waals surface area contributed by atoms with Crippen LogP contribution in [0.4, 0.5) is 11.4 Å². The van der Waals surface area contributed by atoms with Crippen molar-refractivity contribution in [3.05, 3.63) is 62.4 Å². The molecule has 0 fully saturated rings. The van der Waals surface area contributed by atoms with E-state index in [1.807, 2.05) is 6.92 Å². The molecule has 11 heteroatoms. The van der Waals surface area contributed by atoms with E-state index in [1.165, 1.54) is 23.8 Å². The van der Waals surface area contributed by atoms with Crippen LogP contribution in [0.3, 0.4) is 0 Å². The van der Waals surface area contributed by atoms with Crippen molar-refractivity contribution in [2.45, 2.75) is 25.0 Å². The first-order valence-corrected chi connectivity index (χ1v) is 11.0. The number of benzene rings is 2. The largest absolute Gasteiger partial charge is 0.490 e. The number of aryl methyl sites for hydroxylation is 1. The SMILES string of the molecule is COCC(C)n1c(SCC(=O)Nc2cc(OC)c([N+](=O)[O-])cc2C)nc2ccccc2c1=O. The number of amides is 1. The van der Waals surface area contributed by atoms with Crippen LogP contribution in [0.15, 0.2) is 46.3 Å². The maximum atomic E-state index is 13.1. The van der Waals surface area contributed by atoms with Gasteiger partial charge in [-0.05, 0) is 31.5 Å². The summed E-state index contributed by atoms with van der Waals surface area (Å²) in [5.74, 6) is -0.331. The molecular formula is C22H24N4O6S. The van der Waals surface area contributed by atoms with Crippen LogP contribution >= 0.6 is 11.8 Å². The molecule has 1 unspecified atom stereocenters. The van der Waals surface area contributed by atoms with Crippen molar-refractivity contribution in [1.82, 2.24) is 9.55 Å². The minimum atomic E-state index is -0.543. The number of aromatic nitrogens is 2. The molecule has 0 aliphatic heterocycles. The average molecular weight is 473 g/mol. The Bertz CT molecular complexity index is 1260. The summed E-state index contributed by atoms with van der Waals surface area (Å²) in [6, 6.07) is 9.51. The van der Waals surface area contributed by atoms with E-state index in [9.17, 15) is 19.7 Å². The minimum Gasteiger partial charge on any atom is -0.490 e. The summed E-state index contributed by atoms with van der Waals surface area (Å²) < 4.78 is 11.8. The third-order valence-corrected chi connectivity index (χ3v) is 5.91. The van der Waals surface area contributed by atoms with Crippen molar-refractivity contribution in [2.24, 2.45) is 0 Å². The first-order chi connectivity index (χ1) is 15.8. The van der Waals surface area contributed by atoms with E-state index in [0.717, 1.165) is 11.8 Å². The lowest BCUT2D eigenvalue weighted by Crippen LogP contribution is -2.29. The highest BCUT2D eigenvalue weighted by molar-refractivity contribution is 7.99. The van der Waals surface area contributed by atoms with Gasteiger partial charge in [0.1, 0.15) is 0 Å². The molecule has 3 aromatic rings. The molecule has 3 rings (SSSR count). The van der Waals surface area contributed by atoms with E-state index in [0.29, 0.717) is 33.9 Å². The summed E-state index contributed by atoms with van der Waals surface area (Å²) in [7, 11) is 2.88. The molecule has 1 amide bonds. The summed E-state index contributed by atoms with van der Waals surface area (Å²) in [5, 5.41) is 14.8. The van der Waals surface area contributed by atoms with E-state index in [2.05, 4.69) is 10.3 Å². The number of methoxy groups -OCH3 is 2. The highest BCUT2D eigenvalue weighted by Crippen LogP contribution is 2.33. The maximum Gasteiger partial charge on any atom is 0.311 e. The Hall–Kier alpha value is -3.44. The van der Waals surface area contributed by atoms with Crippen molar-refractivity contribution < 1.29 is 19.2 Å². The van der Waals surface area contributed by atoms with Gasteiger partial charge >= 0.3 is 5.69 Å². The number of nitro benzene ring substituents is 1. The number of rotatable bonds is 9. The molecule has 0 saturated carbocycles. The van der Waals surface area contributed by atoms with Crippen molar-refractivity contribution in [2.75, 3.05) is 31.9 Å². The number of carbonyl (C=O) groups excluding carboxylic acids is 1. The number of nitro groups is 1. The summed E-state index contributed by atoms with van der Waals surface area (Å²) >= 11 is 1.13. The molecule has 0 aliphatic carbocycles. The van der Waals surface area contributed by atoms with Gasteiger partial charge in [0.15, 0.2) is 10.9 Å². The second-order valence-corrected chi connectivity index (χ2v) is 8.27. The van der Waals surface area contributed by atoms with Gasteiger partial charge in [0.25, 0.3) is 5.56 Å². The third kappa shape index (κ3) is 5.32. The predicted octanol–water partition coefficient (Wildman–Crippen LogP) is 3.56. The molecule has 1 heterocycles. The number of para-hydroxylation sites is 1. The van der Waals surface area contributed by atoms with Gasteiger partial charge in [-0.15, -0.1) is 0 Å². The quantitative estimate of drug-likeness (QED) is 0.217. The summed E-state index contributed by atoms with van der Waals surface area (Å²) in [6.07, 6.45) is 0. The number of fused-ring (bicyclic) bond motifs is 1. The summed E-state index contributed by atoms with van der Waals surface area (Å²) in [6.45, 7) is 3.81. The van der Waals surface area contributed by atoms with Crippen LogP contribution < -0.4 is 15.6 Å². The van der Waals surface area contributed by atoms with E-state index >= 15 is 0 Å². The van der Waals surface area contributed by atoms with Gasteiger partial charge in [-0.3, -0.25) is 24.3 Å². The molecule has 33 heavy (non-hydrogen) atoms. The zero-order valence-corrected chi connectivity index (χ0v) is 19.5. The fourth-order valence-electron chi connectivity index (χ4n) is 3.36. The Kier molecular flexibility index (Phi) is 7.67. The lowest BCUT2D eigenvalue weighted by molar-refractivity contribution is -0.385. The molecule has 10 nitrogen and oxygen atoms in total. The molecular weight excluding hydrogens is 448 g/mol. The number of nitrogens with zero attached hydrogens (tertiary/aromatic N) is 3. The second-order valence-electron chi connectivity index (χ2n) is 7.32. The number of thioether (sulfide) groups is 1. The first kappa shape index (κ1) is 24.2. The molecule has 0 spiro atoms. The summed E-state index contributed by atoms with van der Waals surface area (Å²) in [4.78, 5) is 41.0. The lowest BCUT2D eigenvalue weighted by atomic mass is 10.1. The molecule has 1 atom stereocenters. The van der Waals surface area contributed by atoms with Crippen molar-refractivity contribution in [3.63, 3.8) is 0 Å².